The Morgan fingerprint density at radius 2 is 1.49 bits per heavy atom. The number of ether oxygens (including phenoxy) is 4. The van der Waals surface area contributed by atoms with E-state index in [4.69, 9.17) is 36.2 Å². The second-order valence-electron chi connectivity index (χ2n) is 19.9. The van der Waals surface area contributed by atoms with E-state index < -0.39 is 28.2 Å². The molecule has 1 aromatic carbocycles. The highest BCUT2D eigenvalue weighted by atomic mass is 32.1. The molecule has 3 unspecified atom stereocenters. The second kappa shape index (κ2) is 22.0. The largest absolute Gasteiger partial charge is 0.414 e. The quantitative estimate of drug-likeness (QED) is 0.114. The molecule has 1 aromatic rings. The number of hydrogen-bond donors (Lipinski definition) is 1. The minimum absolute atomic E-state index is 0.0621. The van der Waals surface area contributed by atoms with Gasteiger partial charge in [-0.3, -0.25) is 0 Å². The molecule has 57 heavy (non-hydrogen) atoms. The highest BCUT2D eigenvalue weighted by molar-refractivity contribution is 7.51. The number of methoxy groups -OCH3 is 1. The van der Waals surface area contributed by atoms with Crippen molar-refractivity contribution in [3.63, 3.8) is 0 Å². The van der Waals surface area contributed by atoms with Crippen LogP contribution in [0.4, 0.5) is 0 Å². The molecular weight excluding hydrogens is 773 g/mol. The van der Waals surface area contributed by atoms with E-state index >= 15 is 0 Å². The van der Waals surface area contributed by atoms with E-state index in [1.807, 2.05) is 7.11 Å². The smallest absolute Gasteiger partial charge is 0.335 e. The van der Waals surface area contributed by atoms with Crippen molar-refractivity contribution in [3.05, 3.63) is 60.2 Å². The zero-order valence-electron chi connectivity index (χ0n) is 37.5. The summed E-state index contributed by atoms with van der Waals surface area (Å²) in [5.41, 5.74) is 3.63. The minimum atomic E-state index is -2.12. The van der Waals surface area contributed by atoms with Gasteiger partial charge in [-0.15, -0.1) is 0 Å². The van der Waals surface area contributed by atoms with Crippen molar-refractivity contribution in [3.8, 4) is 0 Å². The van der Waals surface area contributed by atoms with Crippen molar-refractivity contribution in [2.45, 2.75) is 191 Å². The van der Waals surface area contributed by atoms with Gasteiger partial charge in [-0.25, -0.2) is 0 Å². The molecule has 0 saturated carbocycles. The second-order valence-corrected chi connectivity index (χ2v) is 29.6. The van der Waals surface area contributed by atoms with Gasteiger partial charge in [0.2, 0.25) is 0 Å². The molecule has 0 aromatic heterocycles. The van der Waals surface area contributed by atoms with Gasteiger partial charge in [0.1, 0.15) is 0 Å². The fraction of sp³-hybridized carbons (Fsp3) is 0.778. The van der Waals surface area contributed by atoms with Gasteiger partial charge in [0, 0.05) is 32.5 Å². The summed E-state index contributed by atoms with van der Waals surface area (Å²) in [5, 5.41) is 9.47. The Morgan fingerprint density at radius 3 is 2.07 bits per heavy atom. The average molecular weight is 851 g/mol. The van der Waals surface area contributed by atoms with Crippen LogP contribution >= 0.6 is 0 Å². The first kappa shape index (κ1) is 50.0. The van der Waals surface area contributed by atoms with E-state index in [1.54, 1.807) is 0 Å². The predicted octanol–water partition coefficient (Wildman–Crippen LogP) is 9.77. The SMILES string of the molecule is C=C1C(C[C@@H]2O[C@H](C[C@@H](CO[Si](C)(C)C(C)(C)C)O[Si](C)(C)C(C)(C)C)[C@H](OC)[C@H]2Cc2ccccc2)OC(CC[C@@H]2OC(CCCO)CC2=C)C[C@H]1C.O=S=O. The summed E-state index contributed by atoms with van der Waals surface area (Å²) in [7, 11) is -2.28. The molecule has 0 aliphatic carbocycles. The molecule has 12 heteroatoms. The minimum Gasteiger partial charge on any atom is -0.414 e. The lowest BCUT2D eigenvalue weighted by molar-refractivity contribution is -0.0786. The Balaban J connectivity index is 0.00000281. The number of aliphatic hydroxyl groups excluding tert-OH is 1. The number of benzene rings is 1. The van der Waals surface area contributed by atoms with Gasteiger partial charge < -0.3 is 32.9 Å². The van der Waals surface area contributed by atoms with E-state index in [0.29, 0.717) is 12.5 Å². The molecule has 3 aliphatic rings. The normalized spacial score (nSPS) is 29.2. The molecule has 0 radical (unpaired) electrons. The van der Waals surface area contributed by atoms with Gasteiger partial charge in [-0.2, -0.15) is 8.42 Å². The molecule has 326 valence electrons. The maximum absolute atomic E-state index is 9.29. The first-order valence-electron chi connectivity index (χ1n) is 21.3. The number of rotatable bonds is 18. The van der Waals surface area contributed by atoms with Crippen LogP contribution in [0.1, 0.15) is 105 Å². The van der Waals surface area contributed by atoms with Crippen molar-refractivity contribution in [1.29, 1.82) is 0 Å². The zero-order valence-corrected chi connectivity index (χ0v) is 40.3. The van der Waals surface area contributed by atoms with E-state index in [0.717, 1.165) is 57.8 Å². The molecule has 3 fully saturated rings. The van der Waals surface area contributed by atoms with Crippen molar-refractivity contribution < 1.29 is 41.3 Å². The predicted molar refractivity (Wildman–Crippen MR) is 236 cm³/mol. The van der Waals surface area contributed by atoms with Gasteiger partial charge in [0.25, 0.3) is 0 Å². The topological polar surface area (TPSA) is 110 Å². The van der Waals surface area contributed by atoms with E-state index in [1.165, 1.54) is 16.7 Å². The van der Waals surface area contributed by atoms with Gasteiger partial charge in [0.05, 0.1) is 55.4 Å². The maximum Gasteiger partial charge on any atom is 0.335 e. The molecule has 0 bridgehead atoms. The summed E-state index contributed by atoms with van der Waals surface area (Å²) in [5.74, 6) is 0.506. The summed E-state index contributed by atoms with van der Waals surface area (Å²) in [6.07, 6.45) is 7.54. The fourth-order valence-corrected chi connectivity index (χ4v) is 10.4. The van der Waals surface area contributed by atoms with Gasteiger partial charge in [-0.1, -0.05) is 92.0 Å². The third-order valence-corrected chi connectivity index (χ3v) is 22.6. The highest BCUT2D eigenvalue weighted by Gasteiger charge is 2.49. The van der Waals surface area contributed by atoms with Crippen LogP contribution in [0.3, 0.4) is 0 Å². The lowest BCUT2D eigenvalue weighted by atomic mass is 9.81. The monoisotopic (exact) mass is 850 g/mol. The van der Waals surface area contributed by atoms with Crippen LogP contribution in [-0.2, 0) is 45.8 Å². The third-order valence-electron chi connectivity index (χ3n) is 13.6. The van der Waals surface area contributed by atoms with Crippen LogP contribution in [0.2, 0.25) is 36.3 Å². The first-order chi connectivity index (χ1) is 26.6. The maximum atomic E-state index is 9.29. The molecule has 3 aliphatic heterocycles. The van der Waals surface area contributed by atoms with Crippen molar-refractivity contribution in [1.82, 2.24) is 0 Å². The van der Waals surface area contributed by atoms with Crippen LogP contribution < -0.4 is 0 Å². The Morgan fingerprint density at radius 1 is 0.877 bits per heavy atom. The standard InChI is InChI=1S/C45H78O7Si2.O2S/c1-31-25-36(22-23-39-32(2)26-35(49-39)21-18-24-46)50-40(33(31)3)29-41-38(27-34-19-16-15-17-20-34)43(47-10)42(51-41)28-37(52-54(13,14)45(7,8)9)30-48-53(11,12)44(4,5)6;1-3-2/h15-17,19-20,31,35-43,46H,2-3,18,21-30H2,1,4-14H3;/t31-,35?,36?,37+,38+,39+,40?,41+,42-,43-;/m1./s1. The first-order valence-corrected chi connectivity index (χ1v) is 27.8. The summed E-state index contributed by atoms with van der Waals surface area (Å²) in [6, 6.07) is 10.8. The van der Waals surface area contributed by atoms with E-state index in [9.17, 15) is 5.11 Å². The van der Waals surface area contributed by atoms with Crippen LogP contribution in [0.15, 0.2) is 54.6 Å². The average Bonchev–Trinajstić information content (AvgIpc) is 3.64. The lowest BCUT2D eigenvalue weighted by Gasteiger charge is -2.42. The van der Waals surface area contributed by atoms with Crippen LogP contribution in [-0.4, -0.2) is 99.3 Å². The Kier molecular flexibility index (Phi) is 19.3. The number of hydrogen-bond acceptors (Lipinski definition) is 9. The number of aliphatic hydroxyl groups is 1. The molecule has 3 saturated heterocycles. The zero-order chi connectivity index (χ0) is 42.8. The summed E-state index contributed by atoms with van der Waals surface area (Å²) < 4.78 is 57.6. The molecule has 10 atom stereocenters. The fourth-order valence-electron chi connectivity index (χ4n) is 8.03. The van der Waals surface area contributed by atoms with Gasteiger partial charge >= 0.3 is 11.6 Å². The van der Waals surface area contributed by atoms with Gasteiger partial charge in [-0.05, 0) is 104 Å². The molecule has 3 heterocycles. The van der Waals surface area contributed by atoms with Crippen LogP contribution in [0.25, 0.3) is 0 Å². The van der Waals surface area contributed by atoms with Crippen LogP contribution in [0, 0.1) is 11.8 Å². The molecule has 0 spiro atoms. The van der Waals surface area contributed by atoms with Crippen molar-refractivity contribution in [2.75, 3.05) is 20.3 Å². The third kappa shape index (κ3) is 14.4. The molecule has 0 amide bonds. The molecule has 1 N–H and O–H groups in total. The van der Waals surface area contributed by atoms with Gasteiger partial charge in [0.15, 0.2) is 16.6 Å². The molecule has 4 rings (SSSR count). The molecule has 9 nitrogen and oxygen atoms in total. The molecular formula is C45H78O9SSi2. The summed E-state index contributed by atoms with van der Waals surface area (Å²) in [6.45, 7) is 35.1. The summed E-state index contributed by atoms with van der Waals surface area (Å²) >= 11 is -0.750. The van der Waals surface area contributed by atoms with E-state index in [-0.39, 0.29) is 71.4 Å². The highest BCUT2D eigenvalue weighted by Crippen LogP contribution is 2.44. The summed E-state index contributed by atoms with van der Waals surface area (Å²) in [4.78, 5) is 0. The lowest BCUT2D eigenvalue weighted by Crippen LogP contribution is -2.49. The Labute approximate surface area is 351 Å². The van der Waals surface area contributed by atoms with Crippen LogP contribution in [0.5, 0.6) is 0 Å². The van der Waals surface area contributed by atoms with Crippen molar-refractivity contribution >= 4 is 28.2 Å². The van der Waals surface area contributed by atoms with E-state index in [2.05, 4.69) is 118 Å². The Hall–Kier alpha value is -1.33. The van der Waals surface area contributed by atoms with Crippen molar-refractivity contribution in [2.24, 2.45) is 11.8 Å². The Bertz CT molecular complexity index is 1440.